The third-order valence-electron chi connectivity index (χ3n) is 2.70. The molecule has 102 valence electrons. The number of rotatable bonds is 2. The van der Waals surface area contributed by atoms with E-state index in [1.165, 1.54) is 0 Å². The van der Waals surface area contributed by atoms with Gasteiger partial charge in [0.15, 0.2) is 5.11 Å². The number of benzene rings is 2. The van der Waals surface area contributed by atoms with Gasteiger partial charge in [0.25, 0.3) is 5.91 Å². The Morgan fingerprint density at radius 1 is 1.15 bits per heavy atom. The SMILES string of the molecule is Cc1cc(I)ccc1NC(=S)NC(=O)c1ccccc1. The van der Waals surface area contributed by atoms with E-state index < -0.39 is 0 Å². The average Bonchev–Trinajstić information content (AvgIpc) is 2.43. The Bertz CT molecular complexity index is 644. The van der Waals surface area contributed by atoms with Crippen LogP contribution in [0.3, 0.4) is 0 Å². The van der Waals surface area contributed by atoms with Crippen molar-refractivity contribution >= 4 is 51.5 Å². The van der Waals surface area contributed by atoms with E-state index in [4.69, 9.17) is 12.2 Å². The lowest BCUT2D eigenvalue weighted by Crippen LogP contribution is -2.34. The molecular weight excluding hydrogens is 383 g/mol. The molecule has 0 aliphatic rings. The van der Waals surface area contributed by atoms with Crippen LogP contribution in [0, 0.1) is 10.5 Å². The third-order valence-corrected chi connectivity index (χ3v) is 3.57. The number of nitrogens with one attached hydrogen (secondary N) is 2. The number of hydrogen-bond acceptors (Lipinski definition) is 2. The Morgan fingerprint density at radius 2 is 1.85 bits per heavy atom. The molecule has 0 radical (unpaired) electrons. The second-order valence-electron chi connectivity index (χ2n) is 4.23. The maximum absolute atomic E-state index is 11.9. The molecule has 5 heteroatoms. The predicted molar refractivity (Wildman–Crippen MR) is 94.0 cm³/mol. The van der Waals surface area contributed by atoms with Gasteiger partial charge in [-0.15, -0.1) is 0 Å². The average molecular weight is 396 g/mol. The summed E-state index contributed by atoms with van der Waals surface area (Å²) in [5.41, 5.74) is 2.55. The van der Waals surface area contributed by atoms with E-state index in [2.05, 4.69) is 33.2 Å². The first-order chi connectivity index (χ1) is 9.56. The lowest BCUT2D eigenvalue weighted by molar-refractivity contribution is 0.0978. The van der Waals surface area contributed by atoms with Crippen LogP contribution in [0.5, 0.6) is 0 Å². The first kappa shape index (κ1) is 14.9. The number of hydrogen-bond donors (Lipinski definition) is 2. The van der Waals surface area contributed by atoms with E-state index in [0.717, 1.165) is 14.8 Å². The second kappa shape index (κ2) is 6.81. The lowest BCUT2D eigenvalue weighted by Gasteiger charge is -2.12. The van der Waals surface area contributed by atoms with Crippen molar-refractivity contribution in [3.8, 4) is 0 Å². The van der Waals surface area contributed by atoms with Gasteiger partial charge in [-0.05, 0) is 77.6 Å². The van der Waals surface area contributed by atoms with Crippen LogP contribution in [0.25, 0.3) is 0 Å². The monoisotopic (exact) mass is 396 g/mol. The third kappa shape index (κ3) is 4.01. The van der Waals surface area contributed by atoms with Crippen LogP contribution in [-0.2, 0) is 0 Å². The van der Waals surface area contributed by atoms with Crippen molar-refractivity contribution in [2.45, 2.75) is 6.92 Å². The molecule has 2 aromatic rings. The molecule has 2 rings (SSSR count). The van der Waals surface area contributed by atoms with Crippen LogP contribution < -0.4 is 10.6 Å². The van der Waals surface area contributed by atoms with Crippen LogP contribution in [0.1, 0.15) is 15.9 Å². The van der Waals surface area contributed by atoms with Crippen molar-refractivity contribution in [1.29, 1.82) is 0 Å². The largest absolute Gasteiger partial charge is 0.332 e. The van der Waals surface area contributed by atoms with Crippen LogP contribution in [0.15, 0.2) is 48.5 Å². The molecule has 0 saturated heterocycles. The van der Waals surface area contributed by atoms with E-state index in [0.29, 0.717) is 10.7 Å². The van der Waals surface area contributed by atoms with Gasteiger partial charge < -0.3 is 5.32 Å². The molecular formula is C15H13IN2OS. The van der Waals surface area contributed by atoms with Gasteiger partial charge in [0.2, 0.25) is 0 Å². The van der Waals surface area contributed by atoms with E-state index in [-0.39, 0.29) is 5.91 Å². The summed E-state index contributed by atoms with van der Waals surface area (Å²) in [5, 5.41) is 5.99. The molecule has 3 nitrogen and oxygen atoms in total. The molecule has 1 amide bonds. The van der Waals surface area contributed by atoms with Crippen molar-refractivity contribution in [3.63, 3.8) is 0 Å². The van der Waals surface area contributed by atoms with Gasteiger partial charge in [-0.3, -0.25) is 10.1 Å². The molecule has 0 fully saturated rings. The van der Waals surface area contributed by atoms with Crippen LogP contribution in [0.2, 0.25) is 0 Å². The first-order valence-electron chi connectivity index (χ1n) is 6.00. The molecule has 0 aliphatic heterocycles. The molecule has 2 N–H and O–H groups in total. The number of amides is 1. The molecule has 0 saturated carbocycles. The van der Waals surface area contributed by atoms with Crippen molar-refractivity contribution in [1.82, 2.24) is 5.32 Å². The molecule has 2 aromatic carbocycles. The van der Waals surface area contributed by atoms with Crippen LogP contribution in [-0.4, -0.2) is 11.0 Å². The summed E-state index contributed by atoms with van der Waals surface area (Å²) in [6.07, 6.45) is 0. The van der Waals surface area contributed by atoms with Gasteiger partial charge in [-0.25, -0.2) is 0 Å². The Balaban J connectivity index is 2.01. The molecule has 0 spiro atoms. The highest BCUT2D eigenvalue weighted by atomic mass is 127. The highest BCUT2D eigenvalue weighted by Gasteiger charge is 2.08. The number of aryl methyl sites for hydroxylation is 1. The van der Waals surface area contributed by atoms with Crippen molar-refractivity contribution in [3.05, 3.63) is 63.2 Å². The Hall–Kier alpha value is -1.47. The van der Waals surface area contributed by atoms with Gasteiger partial charge >= 0.3 is 0 Å². The molecule has 0 atom stereocenters. The molecule has 0 aromatic heterocycles. The Morgan fingerprint density at radius 3 is 2.50 bits per heavy atom. The number of halogens is 1. The van der Waals surface area contributed by atoms with E-state index in [9.17, 15) is 4.79 Å². The maximum atomic E-state index is 11.9. The Kier molecular flexibility index (Phi) is 5.08. The zero-order valence-corrected chi connectivity index (χ0v) is 13.8. The minimum absolute atomic E-state index is 0.216. The standard InChI is InChI=1S/C15H13IN2OS/c1-10-9-12(16)7-8-13(10)17-15(20)18-14(19)11-5-3-2-4-6-11/h2-9H,1H3,(H2,17,18,19,20). The molecule has 20 heavy (non-hydrogen) atoms. The smallest absolute Gasteiger partial charge is 0.257 e. The minimum atomic E-state index is -0.216. The number of anilines is 1. The van der Waals surface area contributed by atoms with Gasteiger partial charge in [0.05, 0.1) is 0 Å². The summed E-state index contributed by atoms with van der Waals surface area (Å²) < 4.78 is 1.16. The number of carbonyl (C=O) groups excluding carboxylic acids is 1. The zero-order valence-electron chi connectivity index (χ0n) is 10.8. The van der Waals surface area contributed by atoms with E-state index >= 15 is 0 Å². The summed E-state index contributed by atoms with van der Waals surface area (Å²) in [6, 6.07) is 15.0. The lowest BCUT2D eigenvalue weighted by atomic mass is 10.2. The fourth-order valence-corrected chi connectivity index (χ4v) is 2.54. The zero-order chi connectivity index (χ0) is 14.5. The number of thiocarbonyl (C=S) groups is 1. The maximum Gasteiger partial charge on any atom is 0.257 e. The van der Waals surface area contributed by atoms with E-state index in [1.54, 1.807) is 12.1 Å². The predicted octanol–water partition coefficient (Wildman–Crippen LogP) is 3.73. The first-order valence-corrected chi connectivity index (χ1v) is 7.48. The van der Waals surface area contributed by atoms with Crippen LogP contribution in [0.4, 0.5) is 5.69 Å². The Labute approximate surface area is 136 Å². The van der Waals surface area contributed by atoms with Gasteiger partial charge in [-0.2, -0.15) is 0 Å². The fourth-order valence-electron chi connectivity index (χ4n) is 1.69. The number of carbonyl (C=O) groups is 1. The molecule has 0 bridgehead atoms. The summed E-state index contributed by atoms with van der Waals surface area (Å²) >= 11 is 7.41. The molecule has 0 unspecified atom stereocenters. The molecule has 0 aliphatic carbocycles. The minimum Gasteiger partial charge on any atom is -0.332 e. The van der Waals surface area contributed by atoms with Gasteiger partial charge in [0.1, 0.15) is 0 Å². The highest BCUT2D eigenvalue weighted by Crippen LogP contribution is 2.17. The normalized spacial score (nSPS) is 9.90. The topological polar surface area (TPSA) is 41.1 Å². The summed E-state index contributed by atoms with van der Waals surface area (Å²) in [5.74, 6) is -0.216. The second-order valence-corrected chi connectivity index (χ2v) is 5.89. The van der Waals surface area contributed by atoms with Crippen LogP contribution >= 0.6 is 34.8 Å². The highest BCUT2D eigenvalue weighted by molar-refractivity contribution is 14.1. The van der Waals surface area contributed by atoms with Crippen molar-refractivity contribution in [2.75, 3.05) is 5.32 Å². The molecule has 0 heterocycles. The summed E-state index contributed by atoms with van der Waals surface area (Å²) in [7, 11) is 0. The van der Waals surface area contributed by atoms with Gasteiger partial charge in [-0.1, -0.05) is 18.2 Å². The summed E-state index contributed by atoms with van der Waals surface area (Å²) in [4.78, 5) is 11.9. The van der Waals surface area contributed by atoms with Crippen molar-refractivity contribution < 1.29 is 4.79 Å². The van der Waals surface area contributed by atoms with Gasteiger partial charge in [0, 0.05) is 14.8 Å². The van der Waals surface area contributed by atoms with E-state index in [1.807, 2.05) is 43.3 Å². The quantitative estimate of drug-likeness (QED) is 0.601. The summed E-state index contributed by atoms with van der Waals surface area (Å²) in [6.45, 7) is 1.99. The van der Waals surface area contributed by atoms with Crippen molar-refractivity contribution in [2.24, 2.45) is 0 Å². The fraction of sp³-hybridized carbons (Fsp3) is 0.0667.